The minimum Gasteiger partial charge on any atom is -0.478 e. The smallest absolute Gasteiger partial charge is 0.336 e. The number of aromatic nitrogens is 1. The molecule has 124 valence electrons. The maximum Gasteiger partial charge on any atom is 0.336 e. The number of fused-ring (bicyclic) bond motifs is 1. The predicted octanol–water partition coefficient (Wildman–Crippen LogP) is 5.84. The Hall–Kier alpha value is -2.27. The first-order chi connectivity index (χ1) is 11.5. The fourth-order valence-corrected chi connectivity index (χ4v) is 2.88. The van der Waals surface area contributed by atoms with Gasteiger partial charge < -0.3 is 5.11 Å². The van der Waals surface area contributed by atoms with Crippen molar-refractivity contribution in [2.75, 3.05) is 0 Å². The van der Waals surface area contributed by atoms with Crippen LogP contribution in [-0.4, -0.2) is 16.1 Å². The molecule has 0 aliphatic carbocycles. The summed E-state index contributed by atoms with van der Waals surface area (Å²) in [6.45, 7) is 5.69. The van der Waals surface area contributed by atoms with Gasteiger partial charge in [-0.2, -0.15) is 0 Å². The highest BCUT2D eigenvalue weighted by molar-refractivity contribution is 9.10. The van der Waals surface area contributed by atoms with Crippen molar-refractivity contribution >= 4 is 32.8 Å². The Labute approximate surface area is 148 Å². The van der Waals surface area contributed by atoms with Gasteiger partial charge in [-0.05, 0) is 42.8 Å². The number of hydrogen-bond donors (Lipinski definition) is 1. The summed E-state index contributed by atoms with van der Waals surface area (Å²) in [6, 6.07) is 11.3. The van der Waals surface area contributed by atoms with Gasteiger partial charge in [0.05, 0.1) is 16.8 Å². The Balaban J connectivity index is 0.00000100. The molecule has 0 saturated heterocycles. The van der Waals surface area contributed by atoms with Crippen LogP contribution in [0.3, 0.4) is 0 Å². The molecule has 0 spiro atoms. The van der Waals surface area contributed by atoms with E-state index in [2.05, 4.69) is 20.9 Å². The molecule has 0 radical (unpaired) electrons. The van der Waals surface area contributed by atoms with Gasteiger partial charge in [-0.25, -0.2) is 14.2 Å². The molecule has 1 aromatic heterocycles. The molecule has 3 aromatic rings. The van der Waals surface area contributed by atoms with Crippen molar-refractivity contribution in [3.05, 3.63) is 63.9 Å². The van der Waals surface area contributed by atoms with Crippen LogP contribution < -0.4 is 0 Å². The van der Waals surface area contributed by atoms with Crippen LogP contribution in [0.1, 0.15) is 29.8 Å². The zero-order valence-corrected chi connectivity index (χ0v) is 15.2. The second kappa shape index (κ2) is 7.53. The number of carbonyl (C=O) groups is 1. The monoisotopic (exact) mass is 389 g/mol. The Kier molecular flexibility index (Phi) is 5.67. The highest BCUT2D eigenvalue weighted by atomic mass is 79.9. The van der Waals surface area contributed by atoms with Gasteiger partial charge in [0, 0.05) is 15.4 Å². The van der Waals surface area contributed by atoms with E-state index in [1.807, 2.05) is 13.8 Å². The lowest BCUT2D eigenvalue weighted by Gasteiger charge is -2.12. The number of rotatable bonds is 2. The first-order valence-corrected chi connectivity index (χ1v) is 8.36. The first-order valence-electron chi connectivity index (χ1n) is 7.56. The van der Waals surface area contributed by atoms with Gasteiger partial charge in [0.2, 0.25) is 0 Å². The number of nitrogens with zero attached hydrogens (tertiary/aromatic N) is 1. The summed E-state index contributed by atoms with van der Waals surface area (Å²) in [5.74, 6) is -1.41. The molecule has 3 rings (SSSR count). The Morgan fingerprint density at radius 1 is 1.17 bits per heavy atom. The number of halogens is 2. The number of pyridine rings is 1. The van der Waals surface area contributed by atoms with Crippen molar-refractivity contribution in [1.82, 2.24) is 4.98 Å². The lowest BCUT2D eigenvalue weighted by Crippen LogP contribution is -2.05. The average molecular weight is 390 g/mol. The Morgan fingerprint density at radius 2 is 1.88 bits per heavy atom. The van der Waals surface area contributed by atoms with E-state index in [1.165, 1.54) is 12.1 Å². The van der Waals surface area contributed by atoms with E-state index in [9.17, 15) is 14.3 Å². The fourth-order valence-electron chi connectivity index (χ4n) is 2.52. The van der Waals surface area contributed by atoms with Crippen LogP contribution in [0.15, 0.2) is 46.9 Å². The molecule has 1 N–H and O–H groups in total. The molecular formula is C19H17BrFNO2. The van der Waals surface area contributed by atoms with Gasteiger partial charge in [0.25, 0.3) is 0 Å². The third kappa shape index (κ3) is 3.46. The molecule has 0 saturated carbocycles. The van der Waals surface area contributed by atoms with Crippen molar-refractivity contribution in [3.63, 3.8) is 0 Å². The van der Waals surface area contributed by atoms with E-state index in [4.69, 9.17) is 0 Å². The van der Waals surface area contributed by atoms with Crippen molar-refractivity contribution in [2.45, 2.75) is 20.8 Å². The van der Waals surface area contributed by atoms with Gasteiger partial charge in [-0.3, -0.25) is 0 Å². The molecule has 1 heterocycles. The van der Waals surface area contributed by atoms with Crippen LogP contribution in [0.4, 0.5) is 4.39 Å². The highest BCUT2D eigenvalue weighted by Gasteiger charge is 2.18. The minimum atomic E-state index is -1.03. The van der Waals surface area contributed by atoms with E-state index >= 15 is 0 Å². The van der Waals surface area contributed by atoms with Crippen LogP contribution in [0, 0.1) is 12.7 Å². The highest BCUT2D eigenvalue weighted by Crippen LogP contribution is 2.31. The van der Waals surface area contributed by atoms with Crippen molar-refractivity contribution < 1.29 is 14.3 Å². The third-order valence-corrected chi connectivity index (χ3v) is 4.00. The van der Waals surface area contributed by atoms with E-state index in [0.29, 0.717) is 27.7 Å². The van der Waals surface area contributed by atoms with Crippen molar-refractivity contribution in [3.8, 4) is 11.3 Å². The zero-order chi connectivity index (χ0) is 17.9. The second-order valence-corrected chi connectivity index (χ2v) is 5.85. The van der Waals surface area contributed by atoms with Crippen LogP contribution in [0.25, 0.3) is 22.2 Å². The molecule has 0 fully saturated rings. The maximum absolute atomic E-state index is 13.5. The molecule has 3 nitrogen and oxygen atoms in total. The number of carboxylic acids is 1. The normalized spacial score (nSPS) is 10.2. The van der Waals surface area contributed by atoms with Crippen LogP contribution in [0.5, 0.6) is 0 Å². The van der Waals surface area contributed by atoms with E-state index in [-0.39, 0.29) is 11.4 Å². The molecule has 0 bridgehead atoms. The Bertz CT molecular complexity index is 909. The summed E-state index contributed by atoms with van der Waals surface area (Å²) in [5, 5.41) is 10.1. The average Bonchev–Trinajstić information content (AvgIpc) is 2.55. The molecule has 0 aliphatic heterocycles. The second-order valence-electron chi connectivity index (χ2n) is 4.94. The molecular weight excluding hydrogens is 373 g/mol. The van der Waals surface area contributed by atoms with Gasteiger partial charge in [0.1, 0.15) is 5.82 Å². The summed E-state index contributed by atoms with van der Waals surface area (Å²) >= 11 is 3.34. The molecule has 0 aliphatic rings. The maximum atomic E-state index is 13.5. The predicted molar refractivity (Wildman–Crippen MR) is 97.9 cm³/mol. The lowest BCUT2D eigenvalue weighted by molar-refractivity contribution is 0.0698. The number of benzene rings is 2. The van der Waals surface area contributed by atoms with Crippen LogP contribution in [-0.2, 0) is 0 Å². The van der Waals surface area contributed by atoms with Crippen LogP contribution >= 0.6 is 15.9 Å². The number of aromatic carboxylic acids is 1. The first kappa shape index (κ1) is 18.1. The van der Waals surface area contributed by atoms with Gasteiger partial charge in [-0.15, -0.1) is 0 Å². The largest absolute Gasteiger partial charge is 0.478 e. The molecule has 5 heteroatoms. The summed E-state index contributed by atoms with van der Waals surface area (Å²) in [7, 11) is 0. The molecule has 2 aromatic carbocycles. The van der Waals surface area contributed by atoms with E-state index in [0.717, 1.165) is 4.47 Å². The molecule has 0 atom stereocenters. The zero-order valence-electron chi connectivity index (χ0n) is 13.6. The quantitative estimate of drug-likeness (QED) is 0.599. The molecule has 0 unspecified atom stereocenters. The number of carboxylic acid groups (broad SMARTS) is 1. The molecule has 24 heavy (non-hydrogen) atoms. The standard InChI is InChI=1S/C17H11BrFNO2.C2H6/c1-9-15(17(21)22)13-8-11(18)5-6-14(13)20-16(9)10-3-2-4-12(19)7-10;1-2/h2-8H,1H3,(H,21,22);1-2H3. The Morgan fingerprint density at radius 3 is 2.50 bits per heavy atom. The minimum absolute atomic E-state index is 0.186. The summed E-state index contributed by atoms with van der Waals surface area (Å²) < 4.78 is 14.2. The SMILES string of the molecule is CC.Cc1c(-c2cccc(F)c2)nc2ccc(Br)cc2c1C(=O)O. The third-order valence-electron chi connectivity index (χ3n) is 3.50. The van der Waals surface area contributed by atoms with Gasteiger partial charge >= 0.3 is 5.97 Å². The molecule has 0 amide bonds. The van der Waals surface area contributed by atoms with E-state index < -0.39 is 5.97 Å². The van der Waals surface area contributed by atoms with Crippen LogP contribution in [0.2, 0.25) is 0 Å². The van der Waals surface area contributed by atoms with Gasteiger partial charge in [-0.1, -0.05) is 41.9 Å². The summed E-state index contributed by atoms with van der Waals surface area (Å²) in [6.07, 6.45) is 0. The summed E-state index contributed by atoms with van der Waals surface area (Å²) in [4.78, 5) is 16.2. The topological polar surface area (TPSA) is 50.2 Å². The number of hydrogen-bond acceptors (Lipinski definition) is 2. The van der Waals surface area contributed by atoms with Crippen molar-refractivity contribution in [2.24, 2.45) is 0 Å². The van der Waals surface area contributed by atoms with Crippen molar-refractivity contribution in [1.29, 1.82) is 0 Å². The van der Waals surface area contributed by atoms with Gasteiger partial charge in [0.15, 0.2) is 0 Å². The van der Waals surface area contributed by atoms with E-state index in [1.54, 1.807) is 37.3 Å². The fraction of sp³-hybridized carbons (Fsp3) is 0.158. The lowest BCUT2D eigenvalue weighted by atomic mass is 9.98. The summed E-state index contributed by atoms with van der Waals surface area (Å²) in [5.41, 5.74) is 2.30.